The van der Waals surface area contributed by atoms with Gasteiger partial charge in [-0.05, 0) is 32.3 Å². The Labute approximate surface area is 115 Å². The molecule has 0 N–H and O–H groups in total. The second-order valence-corrected chi connectivity index (χ2v) is 6.27. The van der Waals surface area contributed by atoms with Crippen LogP contribution in [0.15, 0.2) is 27.7 Å². The highest BCUT2D eigenvalue weighted by Gasteiger charge is 2.13. The van der Waals surface area contributed by atoms with Gasteiger partial charge in [-0.2, -0.15) is 0 Å². The lowest BCUT2D eigenvalue weighted by molar-refractivity contribution is 0.253. The standard InChI is InChI=1S/C13H18N2OS2/c1-10-9-18-13(16)15(10)7-6-14(3)11(2)12-5-4-8-17-12/h4-5,8-9,11H,6-7H2,1-3H3. The molecule has 0 aromatic carbocycles. The van der Waals surface area contributed by atoms with E-state index in [1.807, 2.05) is 16.9 Å². The van der Waals surface area contributed by atoms with E-state index in [0.29, 0.717) is 6.04 Å². The van der Waals surface area contributed by atoms with E-state index in [2.05, 4.69) is 36.4 Å². The number of likely N-dealkylation sites (N-methyl/N-ethyl adjacent to an activating group) is 1. The summed E-state index contributed by atoms with van der Waals surface area (Å²) in [7, 11) is 2.11. The van der Waals surface area contributed by atoms with Gasteiger partial charge in [-0.25, -0.2) is 0 Å². The van der Waals surface area contributed by atoms with Gasteiger partial charge < -0.3 is 4.57 Å². The molecule has 0 saturated carbocycles. The Balaban J connectivity index is 1.96. The molecule has 0 radical (unpaired) electrons. The lowest BCUT2D eigenvalue weighted by Crippen LogP contribution is -2.28. The molecule has 98 valence electrons. The Bertz CT molecular complexity index is 542. The van der Waals surface area contributed by atoms with Crippen LogP contribution in [-0.4, -0.2) is 23.1 Å². The summed E-state index contributed by atoms with van der Waals surface area (Å²) in [5, 5.41) is 4.03. The van der Waals surface area contributed by atoms with E-state index in [0.717, 1.165) is 18.8 Å². The molecule has 5 heteroatoms. The minimum Gasteiger partial charge on any atom is -0.302 e. The number of hydrogen-bond acceptors (Lipinski definition) is 4. The van der Waals surface area contributed by atoms with Crippen molar-refractivity contribution in [1.82, 2.24) is 9.47 Å². The molecule has 0 aliphatic rings. The van der Waals surface area contributed by atoms with Crippen LogP contribution in [0.2, 0.25) is 0 Å². The second-order valence-electron chi connectivity index (χ2n) is 4.47. The molecule has 1 unspecified atom stereocenters. The largest absolute Gasteiger partial charge is 0.307 e. The van der Waals surface area contributed by atoms with E-state index < -0.39 is 0 Å². The van der Waals surface area contributed by atoms with Gasteiger partial charge in [0.1, 0.15) is 0 Å². The Morgan fingerprint density at radius 3 is 2.78 bits per heavy atom. The molecular formula is C13H18N2OS2. The van der Waals surface area contributed by atoms with Crippen molar-refractivity contribution in [2.45, 2.75) is 26.4 Å². The fourth-order valence-electron chi connectivity index (χ4n) is 1.87. The van der Waals surface area contributed by atoms with Gasteiger partial charge in [0.2, 0.25) is 0 Å². The number of aromatic nitrogens is 1. The lowest BCUT2D eigenvalue weighted by atomic mass is 10.2. The molecule has 1 atom stereocenters. The van der Waals surface area contributed by atoms with Crippen LogP contribution in [0.4, 0.5) is 0 Å². The molecule has 18 heavy (non-hydrogen) atoms. The van der Waals surface area contributed by atoms with Gasteiger partial charge >= 0.3 is 4.87 Å². The third kappa shape index (κ3) is 2.91. The smallest absolute Gasteiger partial charge is 0.302 e. The first-order chi connectivity index (χ1) is 8.59. The molecule has 2 aromatic rings. The molecule has 0 aliphatic heterocycles. The average Bonchev–Trinajstić information content (AvgIpc) is 2.97. The van der Waals surface area contributed by atoms with Gasteiger partial charge in [0, 0.05) is 35.1 Å². The van der Waals surface area contributed by atoms with Crippen LogP contribution in [0.3, 0.4) is 0 Å². The Morgan fingerprint density at radius 1 is 1.44 bits per heavy atom. The third-order valence-electron chi connectivity index (χ3n) is 3.27. The van der Waals surface area contributed by atoms with Crippen molar-refractivity contribution in [2.24, 2.45) is 0 Å². The first-order valence-corrected chi connectivity index (χ1v) is 7.74. The molecule has 0 aliphatic carbocycles. The predicted octanol–water partition coefficient (Wildman–Crippen LogP) is 2.97. The zero-order valence-electron chi connectivity index (χ0n) is 10.9. The van der Waals surface area contributed by atoms with E-state index in [9.17, 15) is 4.79 Å². The van der Waals surface area contributed by atoms with Crippen molar-refractivity contribution >= 4 is 22.7 Å². The van der Waals surface area contributed by atoms with Crippen LogP contribution in [0.5, 0.6) is 0 Å². The van der Waals surface area contributed by atoms with Crippen LogP contribution in [-0.2, 0) is 6.54 Å². The first-order valence-electron chi connectivity index (χ1n) is 5.98. The zero-order chi connectivity index (χ0) is 13.1. The van der Waals surface area contributed by atoms with E-state index >= 15 is 0 Å². The SMILES string of the molecule is Cc1csc(=O)n1CCN(C)C(C)c1cccs1. The summed E-state index contributed by atoms with van der Waals surface area (Å²) in [5.74, 6) is 0. The summed E-state index contributed by atoms with van der Waals surface area (Å²) >= 11 is 3.06. The van der Waals surface area contributed by atoms with Crippen LogP contribution in [0.1, 0.15) is 23.5 Å². The zero-order valence-corrected chi connectivity index (χ0v) is 12.6. The van der Waals surface area contributed by atoms with E-state index in [-0.39, 0.29) is 4.87 Å². The number of thiophene rings is 1. The Hall–Kier alpha value is -0.910. The quantitative estimate of drug-likeness (QED) is 0.842. The maximum atomic E-state index is 11.6. The Morgan fingerprint density at radius 2 is 2.22 bits per heavy atom. The average molecular weight is 282 g/mol. The molecule has 0 spiro atoms. The van der Waals surface area contributed by atoms with Crippen molar-refractivity contribution in [3.05, 3.63) is 43.1 Å². The van der Waals surface area contributed by atoms with Crippen LogP contribution < -0.4 is 4.87 Å². The van der Waals surface area contributed by atoms with Gasteiger partial charge in [0.15, 0.2) is 0 Å². The van der Waals surface area contributed by atoms with Crippen LogP contribution in [0, 0.1) is 6.92 Å². The summed E-state index contributed by atoms with van der Waals surface area (Å²) in [6.45, 7) is 5.84. The predicted molar refractivity (Wildman–Crippen MR) is 78.7 cm³/mol. The second kappa shape index (κ2) is 5.82. The molecule has 0 bridgehead atoms. The van der Waals surface area contributed by atoms with Gasteiger partial charge in [0.05, 0.1) is 0 Å². The highest BCUT2D eigenvalue weighted by molar-refractivity contribution is 7.10. The van der Waals surface area contributed by atoms with Crippen molar-refractivity contribution in [3.8, 4) is 0 Å². The number of rotatable bonds is 5. The summed E-state index contributed by atoms with van der Waals surface area (Å²) in [4.78, 5) is 15.4. The molecular weight excluding hydrogens is 264 g/mol. The molecule has 0 saturated heterocycles. The van der Waals surface area contributed by atoms with E-state index in [1.165, 1.54) is 16.2 Å². The van der Waals surface area contributed by atoms with Crippen molar-refractivity contribution in [1.29, 1.82) is 0 Å². The molecule has 2 rings (SSSR count). The molecule has 2 heterocycles. The lowest BCUT2D eigenvalue weighted by Gasteiger charge is -2.23. The number of thiazole rings is 1. The summed E-state index contributed by atoms with van der Waals surface area (Å²) in [5.41, 5.74) is 1.06. The normalized spacial score (nSPS) is 13.1. The van der Waals surface area contributed by atoms with Crippen molar-refractivity contribution < 1.29 is 0 Å². The minimum absolute atomic E-state index is 0.143. The van der Waals surface area contributed by atoms with Gasteiger partial charge in [-0.3, -0.25) is 9.69 Å². The summed E-state index contributed by atoms with van der Waals surface area (Å²) in [6.07, 6.45) is 0. The first kappa shape index (κ1) is 13.5. The summed E-state index contributed by atoms with van der Waals surface area (Å²) in [6, 6.07) is 4.64. The van der Waals surface area contributed by atoms with E-state index in [1.54, 1.807) is 11.3 Å². The minimum atomic E-state index is 0.143. The monoisotopic (exact) mass is 282 g/mol. The van der Waals surface area contributed by atoms with Gasteiger partial charge in [0.25, 0.3) is 0 Å². The molecule has 2 aromatic heterocycles. The fourth-order valence-corrected chi connectivity index (χ4v) is 3.48. The number of aryl methyl sites for hydroxylation is 1. The van der Waals surface area contributed by atoms with Gasteiger partial charge in [-0.15, -0.1) is 11.3 Å². The van der Waals surface area contributed by atoms with Crippen LogP contribution in [0.25, 0.3) is 0 Å². The van der Waals surface area contributed by atoms with Crippen LogP contribution >= 0.6 is 22.7 Å². The molecule has 3 nitrogen and oxygen atoms in total. The number of nitrogens with zero attached hydrogens (tertiary/aromatic N) is 2. The summed E-state index contributed by atoms with van der Waals surface area (Å²) < 4.78 is 1.85. The highest BCUT2D eigenvalue weighted by Crippen LogP contribution is 2.23. The maximum Gasteiger partial charge on any atom is 0.307 e. The van der Waals surface area contributed by atoms with Crippen molar-refractivity contribution in [3.63, 3.8) is 0 Å². The molecule has 0 amide bonds. The van der Waals surface area contributed by atoms with Gasteiger partial charge in [-0.1, -0.05) is 17.4 Å². The van der Waals surface area contributed by atoms with Crippen molar-refractivity contribution in [2.75, 3.05) is 13.6 Å². The number of hydrogen-bond donors (Lipinski definition) is 0. The molecule has 0 fully saturated rings. The fraction of sp³-hybridized carbons (Fsp3) is 0.462. The highest BCUT2D eigenvalue weighted by atomic mass is 32.1. The van der Waals surface area contributed by atoms with E-state index in [4.69, 9.17) is 0 Å². The third-order valence-corrected chi connectivity index (χ3v) is 5.19. The topological polar surface area (TPSA) is 25.2 Å². The maximum absolute atomic E-state index is 11.6. The Kier molecular flexibility index (Phi) is 4.37.